The fourth-order valence-electron chi connectivity index (χ4n) is 2.94. The van der Waals surface area contributed by atoms with Gasteiger partial charge in [-0.3, -0.25) is 4.79 Å². The molecule has 1 unspecified atom stereocenters. The number of nitrogens with zero attached hydrogens (tertiary/aromatic N) is 1. The normalized spacial score (nSPS) is 23.8. The molecule has 1 aliphatic heterocycles. The van der Waals surface area contributed by atoms with Crippen LogP contribution in [0.5, 0.6) is 0 Å². The van der Waals surface area contributed by atoms with Gasteiger partial charge in [0.1, 0.15) is 0 Å². The van der Waals surface area contributed by atoms with E-state index in [0.717, 1.165) is 25.9 Å². The van der Waals surface area contributed by atoms with Gasteiger partial charge >= 0.3 is 0 Å². The minimum absolute atomic E-state index is 0.0545. The molecule has 1 aliphatic rings. The van der Waals surface area contributed by atoms with Crippen molar-refractivity contribution in [1.29, 1.82) is 0 Å². The lowest BCUT2D eigenvalue weighted by Crippen LogP contribution is -2.44. The summed E-state index contributed by atoms with van der Waals surface area (Å²) >= 11 is 0. The largest absolute Gasteiger partial charge is 0.348 e. The first-order chi connectivity index (χ1) is 10.1. The van der Waals surface area contributed by atoms with Crippen LogP contribution < -0.4 is 10.6 Å². The molecule has 0 aromatic heterocycles. The third-order valence-corrected chi connectivity index (χ3v) is 4.06. The summed E-state index contributed by atoms with van der Waals surface area (Å²) in [4.78, 5) is 14.7. The van der Waals surface area contributed by atoms with Gasteiger partial charge in [-0.05, 0) is 46.0 Å². The van der Waals surface area contributed by atoms with Crippen molar-refractivity contribution in [3.63, 3.8) is 0 Å². The molecular formula is C17H27N3O. The molecule has 1 amide bonds. The maximum atomic E-state index is 12.6. The summed E-state index contributed by atoms with van der Waals surface area (Å²) in [5.74, 6) is 0.327. The van der Waals surface area contributed by atoms with Crippen LogP contribution in [0.3, 0.4) is 0 Å². The van der Waals surface area contributed by atoms with Gasteiger partial charge in [-0.1, -0.05) is 30.3 Å². The molecular weight excluding hydrogens is 262 g/mol. The van der Waals surface area contributed by atoms with Crippen molar-refractivity contribution in [3.8, 4) is 0 Å². The number of benzene rings is 1. The minimum Gasteiger partial charge on any atom is -0.348 e. The summed E-state index contributed by atoms with van der Waals surface area (Å²) in [6.07, 6.45) is 1.86. The molecule has 0 saturated carbocycles. The van der Waals surface area contributed by atoms with Gasteiger partial charge in [-0.15, -0.1) is 0 Å². The summed E-state index contributed by atoms with van der Waals surface area (Å²) in [6, 6.07) is 10.7. The Kier molecular flexibility index (Phi) is 5.76. The van der Waals surface area contributed by atoms with E-state index in [1.165, 1.54) is 5.56 Å². The average Bonchev–Trinajstić information content (AvgIpc) is 2.47. The van der Waals surface area contributed by atoms with Gasteiger partial charge in [-0.2, -0.15) is 0 Å². The number of hydrogen-bond donors (Lipinski definition) is 2. The molecule has 4 heteroatoms. The summed E-state index contributed by atoms with van der Waals surface area (Å²) in [5.41, 5.74) is 1.17. The first-order valence-corrected chi connectivity index (χ1v) is 7.79. The SMILES string of the molecule is C[C@H]1C[C@@H](C(=O)NC(CN(C)C)c2ccccc2)CCN1. The highest BCUT2D eigenvalue weighted by molar-refractivity contribution is 5.79. The number of rotatable bonds is 5. The predicted molar refractivity (Wildman–Crippen MR) is 86.1 cm³/mol. The first kappa shape index (κ1) is 16.0. The van der Waals surface area contributed by atoms with Crippen molar-refractivity contribution in [3.05, 3.63) is 35.9 Å². The standard InChI is InChI=1S/C17H27N3O/c1-13-11-15(9-10-18-13)17(21)19-16(12-20(2)3)14-7-5-4-6-8-14/h4-8,13,15-16,18H,9-12H2,1-3H3,(H,19,21)/t13-,15-,16?/m0/s1. The molecule has 0 radical (unpaired) electrons. The van der Waals surface area contributed by atoms with E-state index in [4.69, 9.17) is 0 Å². The molecule has 2 N–H and O–H groups in total. The molecule has 0 aliphatic carbocycles. The molecule has 1 heterocycles. The fourth-order valence-corrected chi connectivity index (χ4v) is 2.94. The Bertz CT molecular complexity index is 447. The molecule has 3 atom stereocenters. The van der Waals surface area contributed by atoms with Gasteiger partial charge in [-0.25, -0.2) is 0 Å². The molecule has 1 aromatic rings. The van der Waals surface area contributed by atoms with E-state index in [0.29, 0.717) is 6.04 Å². The Morgan fingerprint density at radius 1 is 1.38 bits per heavy atom. The van der Waals surface area contributed by atoms with E-state index in [2.05, 4.69) is 34.6 Å². The predicted octanol–water partition coefficient (Wildman–Crippen LogP) is 1.79. The zero-order valence-corrected chi connectivity index (χ0v) is 13.3. The second-order valence-electron chi connectivity index (χ2n) is 6.31. The Hall–Kier alpha value is -1.39. The van der Waals surface area contributed by atoms with Gasteiger partial charge in [0, 0.05) is 18.5 Å². The molecule has 1 fully saturated rings. The number of hydrogen-bond acceptors (Lipinski definition) is 3. The third kappa shape index (κ3) is 4.83. The number of carbonyl (C=O) groups is 1. The van der Waals surface area contributed by atoms with Gasteiger partial charge in [0.25, 0.3) is 0 Å². The van der Waals surface area contributed by atoms with E-state index in [1.54, 1.807) is 0 Å². The molecule has 2 rings (SSSR count). The summed E-state index contributed by atoms with van der Waals surface area (Å²) < 4.78 is 0. The van der Waals surface area contributed by atoms with Crippen LogP contribution >= 0.6 is 0 Å². The maximum Gasteiger partial charge on any atom is 0.223 e. The Morgan fingerprint density at radius 3 is 2.71 bits per heavy atom. The van der Waals surface area contributed by atoms with E-state index >= 15 is 0 Å². The summed E-state index contributed by atoms with van der Waals surface area (Å²) in [5, 5.41) is 6.64. The first-order valence-electron chi connectivity index (χ1n) is 7.79. The number of carbonyl (C=O) groups excluding carboxylic acids is 1. The minimum atomic E-state index is 0.0545. The highest BCUT2D eigenvalue weighted by atomic mass is 16.2. The van der Waals surface area contributed by atoms with Crippen LogP contribution in [-0.2, 0) is 4.79 Å². The van der Waals surface area contributed by atoms with Crippen LogP contribution in [0, 0.1) is 5.92 Å². The zero-order valence-electron chi connectivity index (χ0n) is 13.3. The van der Waals surface area contributed by atoms with E-state index in [9.17, 15) is 4.79 Å². The van der Waals surface area contributed by atoms with Gasteiger partial charge in [0.15, 0.2) is 0 Å². The van der Waals surface area contributed by atoms with Crippen LogP contribution in [0.4, 0.5) is 0 Å². The summed E-state index contributed by atoms with van der Waals surface area (Å²) in [6.45, 7) is 3.90. The quantitative estimate of drug-likeness (QED) is 0.868. The van der Waals surface area contributed by atoms with Crippen molar-refractivity contribution in [1.82, 2.24) is 15.5 Å². The Labute approximate surface area is 127 Å². The van der Waals surface area contributed by atoms with E-state index in [-0.39, 0.29) is 17.9 Å². The van der Waals surface area contributed by atoms with Gasteiger partial charge < -0.3 is 15.5 Å². The summed E-state index contributed by atoms with van der Waals surface area (Å²) in [7, 11) is 4.07. The highest BCUT2D eigenvalue weighted by Gasteiger charge is 2.26. The monoisotopic (exact) mass is 289 g/mol. The van der Waals surface area contributed by atoms with Crippen LogP contribution in [0.2, 0.25) is 0 Å². The molecule has 1 saturated heterocycles. The zero-order chi connectivity index (χ0) is 15.2. The Balaban J connectivity index is 2.02. The molecule has 21 heavy (non-hydrogen) atoms. The lowest BCUT2D eigenvalue weighted by Gasteiger charge is -2.30. The molecule has 0 spiro atoms. The number of amides is 1. The lowest BCUT2D eigenvalue weighted by atomic mass is 9.92. The fraction of sp³-hybridized carbons (Fsp3) is 0.588. The Morgan fingerprint density at radius 2 is 2.10 bits per heavy atom. The van der Waals surface area contributed by atoms with Gasteiger partial charge in [0.05, 0.1) is 6.04 Å². The second kappa shape index (κ2) is 7.57. The second-order valence-corrected chi connectivity index (χ2v) is 6.31. The van der Waals surface area contributed by atoms with Gasteiger partial charge in [0.2, 0.25) is 5.91 Å². The van der Waals surface area contributed by atoms with E-state index in [1.807, 2.05) is 32.3 Å². The van der Waals surface area contributed by atoms with Crippen LogP contribution in [0.15, 0.2) is 30.3 Å². The van der Waals surface area contributed by atoms with Crippen molar-refractivity contribution in [2.75, 3.05) is 27.2 Å². The molecule has 1 aromatic carbocycles. The van der Waals surface area contributed by atoms with Crippen molar-refractivity contribution >= 4 is 5.91 Å². The van der Waals surface area contributed by atoms with Crippen LogP contribution in [-0.4, -0.2) is 44.0 Å². The van der Waals surface area contributed by atoms with E-state index < -0.39 is 0 Å². The van der Waals surface area contributed by atoms with Crippen LogP contribution in [0.25, 0.3) is 0 Å². The third-order valence-electron chi connectivity index (χ3n) is 4.06. The number of piperidine rings is 1. The average molecular weight is 289 g/mol. The lowest BCUT2D eigenvalue weighted by molar-refractivity contribution is -0.127. The smallest absolute Gasteiger partial charge is 0.223 e. The van der Waals surface area contributed by atoms with Crippen molar-refractivity contribution in [2.45, 2.75) is 31.8 Å². The number of nitrogens with one attached hydrogen (secondary N) is 2. The topological polar surface area (TPSA) is 44.4 Å². The molecule has 0 bridgehead atoms. The molecule has 4 nitrogen and oxygen atoms in total. The molecule has 116 valence electrons. The highest BCUT2D eigenvalue weighted by Crippen LogP contribution is 2.19. The number of likely N-dealkylation sites (N-methyl/N-ethyl adjacent to an activating group) is 1. The van der Waals surface area contributed by atoms with Crippen molar-refractivity contribution in [2.24, 2.45) is 5.92 Å². The van der Waals surface area contributed by atoms with Crippen molar-refractivity contribution < 1.29 is 4.79 Å². The maximum absolute atomic E-state index is 12.6. The van der Waals surface area contributed by atoms with Crippen LogP contribution in [0.1, 0.15) is 31.4 Å².